The summed E-state index contributed by atoms with van der Waals surface area (Å²) in [5.41, 5.74) is 0. The van der Waals surface area contributed by atoms with Crippen molar-refractivity contribution in [1.82, 2.24) is 9.80 Å². The van der Waals surface area contributed by atoms with Gasteiger partial charge in [0.05, 0.1) is 12.7 Å². The minimum Gasteiger partial charge on any atom is -0.462 e. The standard InChI is InChI=1S/C13H24N2O2/c1-4-6-14(3)8-10-16-13-12-15(7-5-2)9-11-17-13/h8,10,12H,4-7,9,11H2,1-3H3/b10-8-. The molecule has 0 radical (unpaired) electrons. The average molecular weight is 240 g/mol. The molecule has 0 amide bonds. The number of rotatable bonds is 7. The molecule has 17 heavy (non-hydrogen) atoms. The molecule has 4 heteroatoms. The summed E-state index contributed by atoms with van der Waals surface area (Å²) in [6.45, 7) is 8.05. The van der Waals surface area contributed by atoms with Gasteiger partial charge in [0, 0.05) is 26.3 Å². The summed E-state index contributed by atoms with van der Waals surface area (Å²) in [5, 5.41) is 0. The van der Waals surface area contributed by atoms with E-state index in [0.29, 0.717) is 12.6 Å². The highest BCUT2D eigenvalue weighted by Gasteiger charge is 2.10. The smallest absolute Gasteiger partial charge is 0.300 e. The van der Waals surface area contributed by atoms with Crippen molar-refractivity contribution in [2.45, 2.75) is 26.7 Å². The first-order valence-corrected chi connectivity index (χ1v) is 6.38. The van der Waals surface area contributed by atoms with Crippen LogP contribution in [-0.2, 0) is 9.47 Å². The fourth-order valence-corrected chi connectivity index (χ4v) is 1.67. The van der Waals surface area contributed by atoms with E-state index in [1.165, 1.54) is 0 Å². The molecule has 4 nitrogen and oxygen atoms in total. The maximum absolute atomic E-state index is 5.45. The van der Waals surface area contributed by atoms with E-state index in [0.717, 1.165) is 32.5 Å². The maximum Gasteiger partial charge on any atom is 0.300 e. The van der Waals surface area contributed by atoms with Gasteiger partial charge in [0.2, 0.25) is 0 Å². The van der Waals surface area contributed by atoms with E-state index in [9.17, 15) is 0 Å². The zero-order valence-corrected chi connectivity index (χ0v) is 11.2. The van der Waals surface area contributed by atoms with Gasteiger partial charge in [-0.25, -0.2) is 0 Å². The Kier molecular flexibility index (Phi) is 6.37. The topological polar surface area (TPSA) is 24.9 Å². The summed E-state index contributed by atoms with van der Waals surface area (Å²) >= 11 is 0. The molecule has 1 heterocycles. The van der Waals surface area contributed by atoms with Crippen LogP contribution >= 0.6 is 0 Å². The molecule has 0 bridgehead atoms. The van der Waals surface area contributed by atoms with Gasteiger partial charge in [-0.1, -0.05) is 13.8 Å². The normalized spacial score (nSPS) is 15.7. The molecule has 0 fully saturated rings. The second-order valence-electron chi connectivity index (χ2n) is 4.22. The van der Waals surface area contributed by atoms with Crippen LogP contribution in [0.15, 0.2) is 24.6 Å². The lowest BCUT2D eigenvalue weighted by atomic mass is 10.4. The lowest BCUT2D eigenvalue weighted by Gasteiger charge is -2.25. The molecule has 0 aromatic carbocycles. The van der Waals surface area contributed by atoms with Gasteiger partial charge in [0.1, 0.15) is 12.9 Å². The van der Waals surface area contributed by atoms with Crippen molar-refractivity contribution in [2.24, 2.45) is 0 Å². The Morgan fingerprint density at radius 2 is 2.29 bits per heavy atom. The van der Waals surface area contributed by atoms with Crippen LogP contribution in [0.1, 0.15) is 26.7 Å². The van der Waals surface area contributed by atoms with E-state index >= 15 is 0 Å². The second kappa shape index (κ2) is 7.87. The predicted molar refractivity (Wildman–Crippen MR) is 69.0 cm³/mol. The first-order chi connectivity index (χ1) is 8.26. The SMILES string of the molecule is CCCN(C)/C=C\OC1=CN(CCC)CCO1. The first kappa shape index (κ1) is 13.7. The van der Waals surface area contributed by atoms with E-state index in [2.05, 4.69) is 23.6 Å². The highest BCUT2D eigenvalue weighted by Crippen LogP contribution is 2.10. The molecule has 0 aromatic heterocycles. The first-order valence-electron chi connectivity index (χ1n) is 6.38. The van der Waals surface area contributed by atoms with E-state index in [1.54, 1.807) is 6.26 Å². The molecule has 0 N–H and O–H groups in total. The van der Waals surface area contributed by atoms with Crippen molar-refractivity contribution in [3.8, 4) is 0 Å². The highest BCUT2D eigenvalue weighted by atomic mass is 16.7. The van der Waals surface area contributed by atoms with Crippen LogP contribution in [0.25, 0.3) is 0 Å². The van der Waals surface area contributed by atoms with Gasteiger partial charge in [-0.15, -0.1) is 0 Å². The van der Waals surface area contributed by atoms with Crippen LogP contribution in [0.3, 0.4) is 0 Å². The van der Waals surface area contributed by atoms with Crippen LogP contribution in [0.4, 0.5) is 0 Å². The number of nitrogens with zero attached hydrogens (tertiary/aromatic N) is 2. The van der Waals surface area contributed by atoms with Gasteiger partial charge in [0.15, 0.2) is 0 Å². The molecule has 98 valence electrons. The zero-order chi connectivity index (χ0) is 12.5. The Morgan fingerprint density at radius 1 is 1.47 bits per heavy atom. The molecule has 0 spiro atoms. The minimum absolute atomic E-state index is 0.589. The van der Waals surface area contributed by atoms with E-state index in [4.69, 9.17) is 9.47 Å². The van der Waals surface area contributed by atoms with Gasteiger partial charge in [-0.3, -0.25) is 0 Å². The van der Waals surface area contributed by atoms with Gasteiger partial charge in [0.25, 0.3) is 0 Å². The van der Waals surface area contributed by atoms with Crippen molar-refractivity contribution in [1.29, 1.82) is 0 Å². The van der Waals surface area contributed by atoms with Crippen LogP contribution in [-0.4, -0.2) is 43.1 Å². The summed E-state index contributed by atoms with van der Waals surface area (Å²) in [5.74, 6) is 0.589. The maximum atomic E-state index is 5.45. The molecule has 0 aliphatic carbocycles. The lowest BCUT2D eigenvalue weighted by Crippen LogP contribution is -2.28. The fraction of sp³-hybridized carbons (Fsp3) is 0.692. The van der Waals surface area contributed by atoms with E-state index in [1.807, 2.05) is 19.4 Å². The third kappa shape index (κ3) is 5.52. The Hall–Kier alpha value is -1.32. The van der Waals surface area contributed by atoms with E-state index in [-0.39, 0.29) is 0 Å². The van der Waals surface area contributed by atoms with Crippen molar-refractivity contribution >= 4 is 0 Å². The molecular formula is C13H24N2O2. The third-order valence-corrected chi connectivity index (χ3v) is 2.50. The van der Waals surface area contributed by atoms with Crippen LogP contribution < -0.4 is 0 Å². The quantitative estimate of drug-likeness (QED) is 0.638. The minimum atomic E-state index is 0.589. The molecular weight excluding hydrogens is 216 g/mol. The highest BCUT2D eigenvalue weighted by molar-refractivity contribution is 4.90. The lowest BCUT2D eigenvalue weighted by molar-refractivity contribution is 0.0419. The summed E-state index contributed by atoms with van der Waals surface area (Å²) in [4.78, 5) is 4.32. The summed E-state index contributed by atoms with van der Waals surface area (Å²) in [6.07, 6.45) is 7.81. The number of hydrogen-bond acceptors (Lipinski definition) is 4. The van der Waals surface area contributed by atoms with Crippen molar-refractivity contribution < 1.29 is 9.47 Å². The Bertz CT molecular complexity index is 264. The van der Waals surface area contributed by atoms with Crippen molar-refractivity contribution in [2.75, 3.05) is 33.3 Å². The number of hydrogen-bond donors (Lipinski definition) is 0. The van der Waals surface area contributed by atoms with Gasteiger partial charge in [-0.05, 0) is 12.8 Å². The van der Waals surface area contributed by atoms with Crippen LogP contribution in [0.5, 0.6) is 0 Å². The second-order valence-corrected chi connectivity index (χ2v) is 4.22. The molecule has 0 unspecified atom stereocenters. The third-order valence-electron chi connectivity index (χ3n) is 2.50. The molecule has 0 aromatic rings. The molecule has 0 saturated heterocycles. The summed E-state index contributed by atoms with van der Waals surface area (Å²) < 4.78 is 10.9. The van der Waals surface area contributed by atoms with Crippen molar-refractivity contribution in [3.05, 3.63) is 24.6 Å². The van der Waals surface area contributed by atoms with Gasteiger partial charge < -0.3 is 19.3 Å². The Morgan fingerprint density at radius 3 is 3.00 bits per heavy atom. The number of ether oxygens (including phenoxy) is 2. The van der Waals surface area contributed by atoms with Gasteiger partial charge in [-0.2, -0.15) is 0 Å². The average Bonchev–Trinajstić information content (AvgIpc) is 2.30. The summed E-state index contributed by atoms with van der Waals surface area (Å²) in [6, 6.07) is 0. The van der Waals surface area contributed by atoms with Crippen molar-refractivity contribution in [3.63, 3.8) is 0 Å². The Labute approximate surface area is 104 Å². The molecule has 1 aliphatic rings. The van der Waals surface area contributed by atoms with Crippen LogP contribution in [0.2, 0.25) is 0 Å². The molecule has 1 rings (SSSR count). The zero-order valence-electron chi connectivity index (χ0n) is 11.2. The summed E-state index contributed by atoms with van der Waals surface area (Å²) in [7, 11) is 2.03. The van der Waals surface area contributed by atoms with E-state index < -0.39 is 0 Å². The fourth-order valence-electron chi connectivity index (χ4n) is 1.67. The predicted octanol–water partition coefficient (Wildman–Crippen LogP) is 2.36. The largest absolute Gasteiger partial charge is 0.462 e. The molecule has 1 aliphatic heterocycles. The molecule has 0 saturated carbocycles. The van der Waals surface area contributed by atoms with Crippen LogP contribution in [0, 0.1) is 0 Å². The van der Waals surface area contributed by atoms with Gasteiger partial charge >= 0.3 is 5.95 Å². The Balaban J connectivity index is 2.35. The molecule has 0 atom stereocenters. The monoisotopic (exact) mass is 240 g/mol.